The van der Waals surface area contributed by atoms with Gasteiger partial charge in [0.25, 0.3) is 0 Å². The second-order valence-corrected chi connectivity index (χ2v) is 6.93. The quantitative estimate of drug-likeness (QED) is 0.904. The summed E-state index contributed by atoms with van der Waals surface area (Å²) < 4.78 is 0. The molecule has 1 aliphatic heterocycles. The van der Waals surface area contributed by atoms with Gasteiger partial charge in [-0.1, -0.05) is 45.0 Å². The number of rotatable bonds is 3. The van der Waals surface area contributed by atoms with Gasteiger partial charge in [-0.15, -0.1) is 0 Å². The van der Waals surface area contributed by atoms with E-state index in [2.05, 4.69) is 49.9 Å². The summed E-state index contributed by atoms with van der Waals surface area (Å²) in [5.41, 5.74) is 8.88. The van der Waals surface area contributed by atoms with Crippen molar-refractivity contribution in [2.24, 2.45) is 11.7 Å². The summed E-state index contributed by atoms with van der Waals surface area (Å²) in [5, 5.41) is 0. The van der Waals surface area contributed by atoms with Crippen LogP contribution in [0.1, 0.15) is 44.7 Å². The smallest absolute Gasteiger partial charge is 0.0233 e. The van der Waals surface area contributed by atoms with Crippen molar-refractivity contribution in [1.82, 2.24) is 4.90 Å². The molecule has 2 heteroatoms. The number of likely N-dealkylation sites (tertiary alicyclic amines) is 1. The Labute approximate surface area is 118 Å². The second kappa shape index (κ2) is 6.06. The molecule has 1 aromatic rings. The van der Waals surface area contributed by atoms with Gasteiger partial charge in [0.15, 0.2) is 0 Å². The highest BCUT2D eigenvalue weighted by Crippen LogP contribution is 2.23. The average Bonchev–Trinajstić information content (AvgIpc) is 2.38. The van der Waals surface area contributed by atoms with E-state index in [1.54, 1.807) is 0 Å². The lowest BCUT2D eigenvalue weighted by Crippen LogP contribution is -2.37. The Kier molecular flexibility index (Phi) is 4.64. The highest BCUT2D eigenvalue weighted by Gasteiger charge is 2.19. The third-order valence-electron chi connectivity index (χ3n) is 4.16. The molecule has 0 bridgehead atoms. The fourth-order valence-electron chi connectivity index (χ4n) is 2.86. The highest BCUT2D eigenvalue weighted by molar-refractivity contribution is 5.27. The molecule has 0 saturated carbocycles. The second-order valence-electron chi connectivity index (χ2n) is 6.93. The molecule has 1 saturated heterocycles. The lowest BCUT2D eigenvalue weighted by molar-refractivity contribution is 0.171. The van der Waals surface area contributed by atoms with Gasteiger partial charge in [-0.2, -0.15) is 0 Å². The Bertz CT molecular complexity index is 389. The van der Waals surface area contributed by atoms with Crippen LogP contribution in [0.3, 0.4) is 0 Å². The van der Waals surface area contributed by atoms with Crippen LogP contribution in [-0.4, -0.2) is 24.5 Å². The summed E-state index contributed by atoms with van der Waals surface area (Å²) in [6, 6.07) is 9.12. The van der Waals surface area contributed by atoms with Gasteiger partial charge in [0.05, 0.1) is 0 Å². The van der Waals surface area contributed by atoms with Crippen LogP contribution in [0.2, 0.25) is 0 Å². The van der Waals surface area contributed by atoms with Crippen LogP contribution < -0.4 is 5.73 Å². The van der Waals surface area contributed by atoms with E-state index in [4.69, 9.17) is 5.73 Å². The number of nitrogens with two attached hydrogens (primary N) is 1. The Morgan fingerprint density at radius 2 is 1.89 bits per heavy atom. The average molecular weight is 260 g/mol. The Morgan fingerprint density at radius 3 is 2.47 bits per heavy atom. The van der Waals surface area contributed by atoms with Gasteiger partial charge < -0.3 is 5.73 Å². The third kappa shape index (κ3) is 4.05. The summed E-state index contributed by atoms with van der Waals surface area (Å²) in [4.78, 5) is 2.55. The first-order chi connectivity index (χ1) is 8.99. The predicted octanol–water partition coefficient (Wildman–Crippen LogP) is 3.15. The highest BCUT2D eigenvalue weighted by atomic mass is 15.1. The maximum Gasteiger partial charge on any atom is 0.0233 e. The minimum Gasteiger partial charge on any atom is -0.330 e. The summed E-state index contributed by atoms with van der Waals surface area (Å²) in [5.74, 6) is 0.697. The predicted molar refractivity (Wildman–Crippen MR) is 82.2 cm³/mol. The molecule has 2 N–H and O–H groups in total. The molecule has 2 nitrogen and oxygen atoms in total. The molecule has 1 unspecified atom stereocenters. The molecule has 1 heterocycles. The molecule has 1 fully saturated rings. The number of hydrogen-bond donors (Lipinski definition) is 1. The van der Waals surface area contributed by atoms with E-state index in [1.165, 1.54) is 30.5 Å². The monoisotopic (exact) mass is 260 g/mol. The maximum absolute atomic E-state index is 5.80. The van der Waals surface area contributed by atoms with Crippen LogP contribution >= 0.6 is 0 Å². The lowest BCUT2D eigenvalue weighted by Gasteiger charge is -2.32. The van der Waals surface area contributed by atoms with E-state index >= 15 is 0 Å². The van der Waals surface area contributed by atoms with Gasteiger partial charge in [-0.3, -0.25) is 4.90 Å². The van der Waals surface area contributed by atoms with Crippen molar-refractivity contribution in [1.29, 1.82) is 0 Å². The number of benzene rings is 1. The van der Waals surface area contributed by atoms with Crippen molar-refractivity contribution in [3.05, 3.63) is 35.4 Å². The molecule has 0 radical (unpaired) electrons. The molecule has 19 heavy (non-hydrogen) atoms. The molecule has 0 amide bonds. The summed E-state index contributed by atoms with van der Waals surface area (Å²) in [6.45, 7) is 11.1. The minimum absolute atomic E-state index is 0.244. The van der Waals surface area contributed by atoms with Crippen LogP contribution in [0, 0.1) is 5.92 Å². The zero-order chi connectivity index (χ0) is 13.9. The van der Waals surface area contributed by atoms with Gasteiger partial charge in [0.2, 0.25) is 0 Å². The Hall–Kier alpha value is -0.860. The molecule has 0 aliphatic carbocycles. The summed E-state index contributed by atoms with van der Waals surface area (Å²) in [7, 11) is 0. The Morgan fingerprint density at radius 1 is 1.21 bits per heavy atom. The molecule has 1 aromatic carbocycles. The zero-order valence-corrected chi connectivity index (χ0v) is 12.7. The molecule has 2 rings (SSSR count). The number of hydrogen-bond acceptors (Lipinski definition) is 2. The first kappa shape index (κ1) is 14.5. The summed E-state index contributed by atoms with van der Waals surface area (Å²) >= 11 is 0. The first-order valence-electron chi connectivity index (χ1n) is 7.51. The van der Waals surface area contributed by atoms with Crippen molar-refractivity contribution in [3.63, 3.8) is 0 Å². The fraction of sp³-hybridized carbons (Fsp3) is 0.647. The van der Waals surface area contributed by atoms with E-state index in [0.29, 0.717) is 5.92 Å². The SMILES string of the molecule is CC(C)(C)c1ccc(CN2CCCC(CN)C2)cc1. The van der Waals surface area contributed by atoms with Gasteiger partial charge in [-0.05, 0) is 48.4 Å². The maximum atomic E-state index is 5.80. The van der Waals surface area contributed by atoms with E-state index in [9.17, 15) is 0 Å². The van der Waals surface area contributed by atoms with Crippen LogP contribution in [0.5, 0.6) is 0 Å². The normalized spacial score (nSPS) is 21.6. The number of piperidine rings is 1. The van der Waals surface area contributed by atoms with Crippen LogP contribution in [0.15, 0.2) is 24.3 Å². The van der Waals surface area contributed by atoms with Gasteiger partial charge in [0, 0.05) is 13.1 Å². The largest absolute Gasteiger partial charge is 0.330 e. The molecule has 1 atom stereocenters. The first-order valence-corrected chi connectivity index (χ1v) is 7.51. The van der Waals surface area contributed by atoms with Crippen LogP contribution in [-0.2, 0) is 12.0 Å². The number of nitrogens with zero attached hydrogens (tertiary/aromatic N) is 1. The van der Waals surface area contributed by atoms with E-state index in [0.717, 1.165) is 19.6 Å². The summed E-state index contributed by atoms with van der Waals surface area (Å²) in [6.07, 6.45) is 2.60. The van der Waals surface area contributed by atoms with Crippen molar-refractivity contribution in [2.45, 2.75) is 45.6 Å². The molecule has 106 valence electrons. The van der Waals surface area contributed by atoms with Gasteiger partial charge >= 0.3 is 0 Å². The van der Waals surface area contributed by atoms with Crippen molar-refractivity contribution >= 4 is 0 Å². The van der Waals surface area contributed by atoms with Crippen molar-refractivity contribution in [3.8, 4) is 0 Å². The molecule has 1 aliphatic rings. The molecule has 0 spiro atoms. The van der Waals surface area contributed by atoms with Gasteiger partial charge in [0.1, 0.15) is 0 Å². The van der Waals surface area contributed by atoms with Crippen LogP contribution in [0.25, 0.3) is 0 Å². The van der Waals surface area contributed by atoms with Crippen molar-refractivity contribution in [2.75, 3.05) is 19.6 Å². The molecular formula is C17H28N2. The third-order valence-corrected chi connectivity index (χ3v) is 4.16. The van der Waals surface area contributed by atoms with Crippen molar-refractivity contribution < 1.29 is 0 Å². The zero-order valence-electron chi connectivity index (χ0n) is 12.7. The van der Waals surface area contributed by atoms with E-state index in [-0.39, 0.29) is 5.41 Å². The fourth-order valence-corrected chi connectivity index (χ4v) is 2.86. The standard InChI is InChI=1S/C17H28N2/c1-17(2,3)16-8-6-14(7-9-16)12-19-10-4-5-15(11-18)13-19/h6-9,15H,4-5,10-13,18H2,1-3H3. The minimum atomic E-state index is 0.244. The topological polar surface area (TPSA) is 29.3 Å². The van der Waals surface area contributed by atoms with E-state index in [1.807, 2.05) is 0 Å². The lowest BCUT2D eigenvalue weighted by atomic mass is 9.86. The molecular weight excluding hydrogens is 232 g/mol. The van der Waals surface area contributed by atoms with Crippen LogP contribution in [0.4, 0.5) is 0 Å². The Balaban J connectivity index is 1.96. The van der Waals surface area contributed by atoms with Gasteiger partial charge in [-0.25, -0.2) is 0 Å². The van der Waals surface area contributed by atoms with E-state index < -0.39 is 0 Å². The molecule has 0 aromatic heterocycles.